The van der Waals surface area contributed by atoms with Crippen molar-refractivity contribution in [1.29, 1.82) is 0 Å². The zero-order valence-electron chi connectivity index (χ0n) is 10.5. The Kier molecular flexibility index (Phi) is 3.99. The van der Waals surface area contributed by atoms with Gasteiger partial charge in [-0.25, -0.2) is 4.79 Å². The van der Waals surface area contributed by atoms with Crippen LogP contribution in [-0.2, 0) is 0 Å². The first-order chi connectivity index (χ1) is 9.09. The van der Waals surface area contributed by atoms with Crippen molar-refractivity contribution >= 4 is 17.3 Å². The molecule has 1 aromatic carbocycles. The fourth-order valence-electron chi connectivity index (χ4n) is 2.25. The lowest BCUT2D eigenvalue weighted by molar-refractivity contribution is -0.384. The maximum absolute atomic E-state index is 11.0. The van der Waals surface area contributed by atoms with Crippen LogP contribution in [0.4, 0.5) is 11.4 Å². The largest absolute Gasteiger partial charge is 0.477 e. The van der Waals surface area contributed by atoms with Crippen LogP contribution in [0.25, 0.3) is 0 Å². The number of nitro groups is 1. The molecule has 1 aliphatic rings. The van der Waals surface area contributed by atoms with E-state index in [1.54, 1.807) is 6.07 Å². The van der Waals surface area contributed by atoms with E-state index in [1.807, 2.05) is 0 Å². The van der Waals surface area contributed by atoms with Gasteiger partial charge >= 0.3 is 11.7 Å². The van der Waals surface area contributed by atoms with Gasteiger partial charge in [0.25, 0.3) is 0 Å². The van der Waals surface area contributed by atoms with E-state index in [0.717, 1.165) is 6.42 Å². The third-order valence-electron chi connectivity index (χ3n) is 3.54. The molecule has 102 valence electrons. The van der Waals surface area contributed by atoms with Crippen molar-refractivity contribution in [3.63, 3.8) is 0 Å². The molecular weight excluding hydrogens is 248 g/mol. The Bertz CT molecular complexity index is 497. The van der Waals surface area contributed by atoms with Gasteiger partial charge in [0.05, 0.1) is 4.92 Å². The molecule has 0 aromatic heterocycles. The summed E-state index contributed by atoms with van der Waals surface area (Å²) < 4.78 is 0. The summed E-state index contributed by atoms with van der Waals surface area (Å²) in [6, 6.07) is 4.31. The smallest absolute Gasteiger partial charge is 0.342 e. The summed E-state index contributed by atoms with van der Waals surface area (Å²) in [6.07, 6.45) is 4.67. The fourth-order valence-corrected chi connectivity index (χ4v) is 2.25. The number of nitro benzene ring substituents is 1. The van der Waals surface area contributed by atoms with Crippen molar-refractivity contribution < 1.29 is 14.8 Å². The minimum absolute atomic E-state index is 0.279. The molecule has 1 saturated carbocycles. The van der Waals surface area contributed by atoms with Crippen molar-refractivity contribution in [2.75, 3.05) is 11.9 Å². The van der Waals surface area contributed by atoms with E-state index in [2.05, 4.69) is 5.32 Å². The molecule has 0 heterocycles. The first-order valence-electron chi connectivity index (χ1n) is 6.34. The second kappa shape index (κ2) is 5.69. The van der Waals surface area contributed by atoms with Crippen molar-refractivity contribution in [3.05, 3.63) is 33.9 Å². The minimum Gasteiger partial charge on any atom is -0.477 e. The highest BCUT2D eigenvalue weighted by Gasteiger charge is 2.24. The van der Waals surface area contributed by atoms with E-state index in [0.29, 0.717) is 12.5 Å². The van der Waals surface area contributed by atoms with Crippen LogP contribution < -0.4 is 5.32 Å². The lowest BCUT2D eigenvalue weighted by Gasteiger charge is -2.25. The summed E-state index contributed by atoms with van der Waals surface area (Å²) in [7, 11) is 0. The highest BCUT2D eigenvalue weighted by atomic mass is 16.6. The van der Waals surface area contributed by atoms with Gasteiger partial charge in [-0.3, -0.25) is 10.1 Å². The summed E-state index contributed by atoms with van der Waals surface area (Å²) in [6.45, 7) is 0.634. The summed E-state index contributed by atoms with van der Waals surface area (Å²) in [5.41, 5.74) is -0.355. The quantitative estimate of drug-likeness (QED) is 0.608. The number of nitrogens with one attached hydrogen (secondary N) is 1. The molecule has 0 radical (unpaired) electrons. The van der Waals surface area contributed by atoms with E-state index in [4.69, 9.17) is 5.11 Å². The highest BCUT2D eigenvalue weighted by molar-refractivity contribution is 5.95. The number of aromatic carboxylic acids is 1. The Balaban J connectivity index is 2.11. The molecule has 6 heteroatoms. The van der Waals surface area contributed by atoms with Gasteiger partial charge in [0.1, 0.15) is 11.3 Å². The summed E-state index contributed by atoms with van der Waals surface area (Å²) in [5, 5.41) is 23.0. The van der Waals surface area contributed by atoms with Crippen molar-refractivity contribution in [2.45, 2.75) is 25.7 Å². The molecule has 1 fully saturated rings. The standard InChI is InChI=1S/C13H16N2O4/c16-13(17)10-5-2-6-11(12(10)15(18)19)14-8-7-9-3-1-4-9/h2,5-6,9,14H,1,3-4,7-8H2,(H,16,17). The lowest BCUT2D eigenvalue weighted by atomic mass is 9.83. The summed E-state index contributed by atoms with van der Waals surface area (Å²) in [4.78, 5) is 21.4. The van der Waals surface area contributed by atoms with Crippen molar-refractivity contribution in [2.24, 2.45) is 5.92 Å². The first-order valence-corrected chi connectivity index (χ1v) is 6.34. The number of hydrogen-bond acceptors (Lipinski definition) is 4. The molecule has 0 spiro atoms. The normalized spacial score (nSPS) is 14.7. The van der Waals surface area contributed by atoms with Gasteiger partial charge in [-0.15, -0.1) is 0 Å². The maximum Gasteiger partial charge on any atom is 0.342 e. The molecule has 2 N–H and O–H groups in total. The molecule has 6 nitrogen and oxygen atoms in total. The molecule has 0 unspecified atom stereocenters. The van der Waals surface area contributed by atoms with Gasteiger partial charge in [-0.1, -0.05) is 25.3 Å². The van der Waals surface area contributed by atoms with Gasteiger partial charge in [-0.05, 0) is 24.5 Å². The van der Waals surface area contributed by atoms with E-state index < -0.39 is 10.9 Å². The predicted octanol–water partition coefficient (Wildman–Crippen LogP) is 2.90. The lowest BCUT2D eigenvalue weighted by Crippen LogP contribution is -2.16. The summed E-state index contributed by atoms with van der Waals surface area (Å²) >= 11 is 0. The fraction of sp³-hybridized carbons (Fsp3) is 0.462. The van der Waals surface area contributed by atoms with Crippen LogP contribution in [0.3, 0.4) is 0 Å². The van der Waals surface area contributed by atoms with Crippen LogP contribution >= 0.6 is 0 Å². The second-order valence-corrected chi connectivity index (χ2v) is 4.78. The Morgan fingerprint density at radius 1 is 1.47 bits per heavy atom. The minimum atomic E-state index is -1.28. The molecule has 0 saturated heterocycles. The third kappa shape index (κ3) is 3.01. The average Bonchev–Trinajstić information content (AvgIpc) is 2.31. The number of carboxylic acid groups (broad SMARTS) is 1. The number of rotatable bonds is 6. The Morgan fingerprint density at radius 3 is 2.74 bits per heavy atom. The number of benzene rings is 1. The van der Waals surface area contributed by atoms with Crippen molar-refractivity contribution in [1.82, 2.24) is 0 Å². The van der Waals surface area contributed by atoms with Crippen LogP contribution in [-0.4, -0.2) is 22.5 Å². The Hall–Kier alpha value is -2.11. The van der Waals surface area contributed by atoms with Crippen LogP contribution in [0.1, 0.15) is 36.0 Å². The van der Waals surface area contributed by atoms with E-state index in [1.165, 1.54) is 31.4 Å². The second-order valence-electron chi connectivity index (χ2n) is 4.78. The first kappa shape index (κ1) is 13.3. The number of hydrogen-bond donors (Lipinski definition) is 2. The molecule has 1 aliphatic carbocycles. The Morgan fingerprint density at radius 2 is 2.21 bits per heavy atom. The molecule has 0 atom stereocenters. The Labute approximate surface area is 110 Å². The third-order valence-corrected chi connectivity index (χ3v) is 3.54. The molecule has 0 aliphatic heterocycles. The number of carboxylic acids is 1. The zero-order chi connectivity index (χ0) is 13.8. The van der Waals surface area contributed by atoms with Crippen molar-refractivity contribution in [3.8, 4) is 0 Å². The molecule has 2 rings (SSSR count). The van der Waals surface area contributed by atoms with Gasteiger partial charge in [0, 0.05) is 6.54 Å². The molecule has 1 aromatic rings. The van der Waals surface area contributed by atoms with Crippen LogP contribution in [0.5, 0.6) is 0 Å². The number of para-hydroxylation sites is 1. The van der Waals surface area contributed by atoms with E-state index >= 15 is 0 Å². The van der Waals surface area contributed by atoms with E-state index in [9.17, 15) is 14.9 Å². The zero-order valence-corrected chi connectivity index (χ0v) is 10.5. The molecule has 19 heavy (non-hydrogen) atoms. The topological polar surface area (TPSA) is 92.5 Å². The van der Waals surface area contributed by atoms with Gasteiger partial charge < -0.3 is 10.4 Å². The van der Waals surface area contributed by atoms with Gasteiger partial charge in [0.15, 0.2) is 0 Å². The monoisotopic (exact) mass is 264 g/mol. The van der Waals surface area contributed by atoms with Crippen LogP contribution in [0, 0.1) is 16.0 Å². The average molecular weight is 264 g/mol. The van der Waals surface area contributed by atoms with Gasteiger partial charge in [0.2, 0.25) is 0 Å². The predicted molar refractivity (Wildman–Crippen MR) is 70.5 cm³/mol. The van der Waals surface area contributed by atoms with Crippen LogP contribution in [0.15, 0.2) is 18.2 Å². The number of nitrogens with zero attached hydrogens (tertiary/aromatic N) is 1. The van der Waals surface area contributed by atoms with Crippen LogP contribution in [0.2, 0.25) is 0 Å². The molecular formula is C13H16N2O4. The molecule has 0 amide bonds. The summed E-state index contributed by atoms with van der Waals surface area (Å²) in [5.74, 6) is -0.580. The van der Waals surface area contributed by atoms with Gasteiger partial charge in [-0.2, -0.15) is 0 Å². The molecule has 0 bridgehead atoms. The number of anilines is 1. The SMILES string of the molecule is O=C(O)c1cccc(NCCC2CCC2)c1[N+](=O)[O-]. The number of carbonyl (C=O) groups is 1. The maximum atomic E-state index is 11.0. The van der Waals surface area contributed by atoms with E-state index in [-0.39, 0.29) is 16.9 Å². The highest BCUT2D eigenvalue weighted by Crippen LogP contribution is 2.31.